The molecular formula is C12H7N3O4. The molecule has 1 aromatic rings. The lowest BCUT2D eigenvalue weighted by molar-refractivity contribution is -0.120. The standard InChI is InChI=1S/C12H7N3O4/c13-6-4-8(16)15(12(6)19)7-3-1-2-5-9(7)11(18)14-10(5)17/h1-3,13H,4H2,(H,14,17,18). The van der Waals surface area contributed by atoms with Gasteiger partial charge in [-0.3, -0.25) is 29.9 Å². The van der Waals surface area contributed by atoms with E-state index in [9.17, 15) is 19.2 Å². The maximum Gasteiger partial charge on any atom is 0.279 e. The zero-order chi connectivity index (χ0) is 13.7. The van der Waals surface area contributed by atoms with Gasteiger partial charge in [0.15, 0.2) is 0 Å². The molecule has 1 saturated heterocycles. The highest BCUT2D eigenvalue weighted by atomic mass is 16.2. The summed E-state index contributed by atoms with van der Waals surface area (Å²) < 4.78 is 0. The number of amides is 4. The van der Waals surface area contributed by atoms with Crippen molar-refractivity contribution in [3.05, 3.63) is 29.3 Å². The largest absolute Gasteiger partial charge is 0.299 e. The maximum atomic E-state index is 11.8. The van der Waals surface area contributed by atoms with E-state index in [2.05, 4.69) is 5.32 Å². The molecule has 7 heteroatoms. The molecule has 2 aliphatic heterocycles. The lowest BCUT2D eigenvalue weighted by Crippen LogP contribution is -2.32. The summed E-state index contributed by atoms with van der Waals surface area (Å²) >= 11 is 0. The zero-order valence-corrected chi connectivity index (χ0v) is 9.52. The van der Waals surface area contributed by atoms with E-state index >= 15 is 0 Å². The van der Waals surface area contributed by atoms with E-state index in [4.69, 9.17) is 5.41 Å². The summed E-state index contributed by atoms with van der Waals surface area (Å²) in [7, 11) is 0. The summed E-state index contributed by atoms with van der Waals surface area (Å²) in [4.78, 5) is 47.5. The first kappa shape index (κ1) is 11.3. The van der Waals surface area contributed by atoms with Crippen LogP contribution >= 0.6 is 0 Å². The lowest BCUT2D eigenvalue weighted by Gasteiger charge is -2.15. The number of imide groups is 2. The third kappa shape index (κ3) is 1.41. The molecular weight excluding hydrogens is 250 g/mol. The molecule has 2 aliphatic rings. The molecule has 2 N–H and O–H groups in total. The van der Waals surface area contributed by atoms with Crippen LogP contribution in [-0.2, 0) is 9.59 Å². The van der Waals surface area contributed by atoms with Gasteiger partial charge in [0.2, 0.25) is 5.91 Å². The Morgan fingerprint density at radius 1 is 1.11 bits per heavy atom. The predicted octanol–water partition coefficient (Wildman–Crippen LogP) is -0.147. The van der Waals surface area contributed by atoms with Crippen LogP contribution in [-0.4, -0.2) is 29.3 Å². The highest BCUT2D eigenvalue weighted by molar-refractivity contribution is 6.56. The summed E-state index contributed by atoms with van der Waals surface area (Å²) in [5.74, 6) is -2.54. The second-order valence-corrected chi connectivity index (χ2v) is 4.17. The van der Waals surface area contributed by atoms with E-state index in [0.717, 1.165) is 4.90 Å². The van der Waals surface area contributed by atoms with Crippen LogP contribution in [0, 0.1) is 5.41 Å². The second kappa shape index (κ2) is 3.58. The first-order chi connectivity index (χ1) is 9.00. The van der Waals surface area contributed by atoms with Gasteiger partial charge in [0.05, 0.1) is 23.2 Å². The van der Waals surface area contributed by atoms with Crippen LogP contribution in [0.1, 0.15) is 27.1 Å². The van der Waals surface area contributed by atoms with E-state index in [1.54, 1.807) is 0 Å². The van der Waals surface area contributed by atoms with E-state index in [0.29, 0.717) is 0 Å². The minimum absolute atomic E-state index is 0.00361. The van der Waals surface area contributed by atoms with Gasteiger partial charge in [-0.1, -0.05) is 6.07 Å². The lowest BCUT2D eigenvalue weighted by atomic mass is 10.1. The van der Waals surface area contributed by atoms with Gasteiger partial charge in [-0.2, -0.15) is 0 Å². The van der Waals surface area contributed by atoms with Crippen molar-refractivity contribution in [2.75, 3.05) is 4.90 Å². The fraction of sp³-hybridized carbons (Fsp3) is 0.0833. The fourth-order valence-corrected chi connectivity index (χ4v) is 2.19. The topological polar surface area (TPSA) is 107 Å². The molecule has 4 amide bonds. The summed E-state index contributed by atoms with van der Waals surface area (Å²) in [6.45, 7) is 0. The monoisotopic (exact) mass is 257 g/mol. The van der Waals surface area contributed by atoms with Crippen molar-refractivity contribution >= 4 is 35.0 Å². The first-order valence-corrected chi connectivity index (χ1v) is 5.44. The van der Waals surface area contributed by atoms with Crippen LogP contribution in [0.2, 0.25) is 0 Å². The maximum absolute atomic E-state index is 11.8. The van der Waals surface area contributed by atoms with Crippen LogP contribution in [0.15, 0.2) is 18.2 Å². The Hall–Kier alpha value is -2.83. The van der Waals surface area contributed by atoms with E-state index < -0.39 is 23.6 Å². The van der Waals surface area contributed by atoms with Crippen molar-refractivity contribution in [2.45, 2.75) is 6.42 Å². The van der Waals surface area contributed by atoms with Gasteiger partial charge in [-0.05, 0) is 12.1 Å². The SMILES string of the molecule is N=C1CC(=O)N(c2cccc3c2C(=O)NC3=O)C1=O. The third-order valence-electron chi connectivity index (χ3n) is 3.02. The highest BCUT2D eigenvalue weighted by Gasteiger charge is 2.40. The van der Waals surface area contributed by atoms with Gasteiger partial charge in [-0.15, -0.1) is 0 Å². The minimum Gasteiger partial charge on any atom is -0.299 e. The van der Waals surface area contributed by atoms with Gasteiger partial charge in [-0.25, -0.2) is 4.90 Å². The molecule has 2 heterocycles. The average Bonchev–Trinajstić information content (AvgIpc) is 2.78. The van der Waals surface area contributed by atoms with Gasteiger partial charge >= 0.3 is 0 Å². The number of carbonyl (C=O) groups is 4. The number of fused-ring (bicyclic) bond motifs is 1. The molecule has 0 saturated carbocycles. The molecule has 0 aromatic heterocycles. The molecule has 0 bridgehead atoms. The molecule has 0 atom stereocenters. The Morgan fingerprint density at radius 3 is 2.47 bits per heavy atom. The Bertz CT molecular complexity index is 692. The molecule has 0 aliphatic carbocycles. The van der Waals surface area contributed by atoms with Crippen LogP contribution in [0.3, 0.4) is 0 Å². The summed E-state index contributed by atoms with van der Waals surface area (Å²) in [6, 6.07) is 4.33. The van der Waals surface area contributed by atoms with Crippen LogP contribution in [0.25, 0.3) is 0 Å². The van der Waals surface area contributed by atoms with Gasteiger partial charge < -0.3 is 0 Å². The molecule has 94 valence electrons. The normalized spacial score (nSPS) is 18.1. The smallest absolute Gasteiger partial charge is 0.279 e. The number of anilines is 1. The van der Waals surface area contributed by atoms with E-state index in [1.807, 2.05) is 0 Å². The highest BCUT2D eigenvalue weighted by Crippen LogP contribution is 2.30. The Kier molecular flexibility index (Phi) is 2.12. The predicted molar refractivity (Wildman–Crippen MR) is 63.1 cm³/mol. The Morgan fingerprint density at radius 2 is 1.84 bits per heavy atom. The first-order valence-electron chi connectivity index (χ1n) is 5.44. The number of nitrogens with zero attached hydrogens (tertiary/aromatic N) is 1. The van der Waals surface area contributed by atoms with Crippen molar-refractivity contribution in [1.29, 1.82) is 5.41 Å². The molecule has 0 spiro atoms. The zero-order valence-electron chi connectivity index (χ0n) is 9.52. The molecule has 3 rings (SSSR count). The molecule has 0 unspecified atom stereocenters. The number of nitrogens with one attached hydrogen (secondary N) is 2. The Labute approximate surface area is 106 Å². The van der Waals surface area contributed by atoms with Crippen molar-refractivity contribution in [3.8, 4) is 0 Å². The van der Waals surface area contributed by atoms with Crippen LogP contribution < -0.4 is 10.2 Å². The van der Waals surface area contributed by atoms with Crippen molar-refractivity contribution < 1.29 is 19.2 Å². The molecule has 19 heavy (non-hydrogen) atoms. The number of carbonyl (C=O) groups excluding carboxylic acids is 4. The minimum atomic E-state index is -0.759. The Balaban J connectivity index is 2.21. The quantitative estimate of drug-likeness (QED) is 0.682. The van der Waals surface area contributed by atoms with Crippen LogP contribution in [0.5, 0.6) is 0 Å². The number of rotatable bonds is 1. The van der Waals surface area contributed by atoms with Crippen molar-refractivity contribution in [2.24, 2.45) is 0 Å². The third-order valence-corrected chi connectivity index (χ3v) is 3.02. The summed E-state index contributed by atoms with van der Waals surface area (Å²) in [6.07, 6.45) is -0.294. The van der Waals surface area contributed by atoms with E-state index in [-0.39, 0.29) is 28.9 Å². The number of hydrogen-bond donors (Lipinski definition) is 2. The molecule has 0 radical (unpaired) electrons. The summed E-state index contributed by atoms with van der Waals surface area (Å²) in [5.41, 5.74) is -0.143. The molecule has 7 nitrogen and oxygen atoms in total. The van der Waals surface area contributed by atoms with Crippen molar-refractivity contribution in [3.63, 3.8) is 0 Å². The molecule has 1 fully saturated rings. The number of benzene rings is 1. The number of hydrogen-bond acceptors (Lipinski definition) is 5. The van der Waals surface area contributed by atoms with Gasteiger partial charge in [0.1, 0.15) is 5.71 Å². The van der Waals surface area contributed by atoms with Gasteiger partial charge in [0.25, 0.3) is 17.7 Å². The van der Waals surface area contributed by atoms with Gasteiger partial charge in [0, 0.05) is 0 Å². The van der Waals surface area contributed by atoms with Crippen molar-refractivity contribution in [1.82, 2.24) is 5.32 Å². The summed E-state index contributed by atoms with van der Waals surface area (Å²) in [5, 5.41) is 9.48. The fourth-order valence-electron chi connectivity index (χ4n) is 2.19. The molecule has 1 aromatic carbocycles. The van der Waals surface area contributed by atoms with E-state index in [1.165, 1.54) is 18.2 Å². The second-order valence-electron chi connectivity index (χ2n) is 4.17. The average molecular weight is 257 g/mol. The van der Waals surface area contributed by atoms with Crippen LogP contribution in [0.4, 0.5) is 5.69 Å².